The molecule has 12 aromatic carbocycles. The molecule has 0 radical (unpaired) electrons. The predicted octanol–water partition coefficient (Wildman–Crippen LogP) is 19.0. The average molecular weight is 941 g/mol. The molecule has 0 fully saturated rings. The van der Waals surface area contributed by atoms with Crippen molar-refractivity contribution in [1.82, 2.24) is 4.57 Å². The van der Waals surface area contributed by atoms with Gasteiger partial charge in [-0.15, -0.1) is 0 Å². The third-order valence-corrected chi connectivity index (χ3v) is 16.2. The van der Waals surface area contributed by atoms with E-state index < -0.39 is 5.41 Å². The number of hydrogen-bond donors (Lipinski definition) is 0. The van der Waals surface area contributed by atoms with Gasteiger partial charge in [0.15, 0.2) is 5.58 Å². The van der Waals surface area contributed by atoms with Gasteiger partial charge in [0.05, 0.1) is 22.1 Å². The highest BCUT2D eigenvalue weighted by Crippen LogP contribution is 2.63. The van der Waals surface area contributed by atoms with E-state index in [1.54, 1.807) is 0 Å². The maximum Gasteiger partial charge on any atom is 0.160 e. The van der Waals surface area contributed by atoms with Crippen molar-refractivity contribution in [3.05, 3.63) is 289 Å². The van der Waals surface area contributed by atoms with Crippen molar-refractivity contribution in [3.8, 4) is 50.2 Å². The molecular weight excluding hydrogens is 897 g/mol. The Hall–Kier alpha value is -9.70. The van der Waals surface area contributed by atoms with E-state index in [2.05, 4.69) is 276 Å². The fraction of sp³-hybridized carbons (Fsp3) is 0.0141. The molecule has 0 aliphatic heterocycles. The van der Waals surface area contributed by atoms with E-state index in [0.29, 0.717) is 0 Å². The van der Waals surface area contributed by atoms with Crippen LogP contribution in [0.3, 0.4) is 0 Å². The molecule has 14 aromatic rings. The number of rotatable bonds is 6. The van der Waals surface area contributed by atoms with Crippen LogP contribution in [0.25, 0.3) is 105 Å². The highest BCUT2D eigenvalue weighted by atomic mass is 16.3. The monoisotopic (exact) mass is 940 g/mol. The Balaban J connectivity index is 0.817. The molecule has 2 aliphatic rings. The molecule has 16 rings (SSSR count). The second-order valence-electron chi connectivity index (χ2n) is 19.9. The van der Waals surface area contributed by atoms with E-state index in [0.717, 1.165) is 61.2 Å². The molecule has 1 spiro atoms. The van der Waals surface area contributed by atoms with Crippen molar-refractivity contribution in [1.29, 1.82) is 0 Å². The fourth-order valence-corrected chi connectivity index (χ4v) is 13.0. The first-order valence-corrected chi connectivity index (χ1v) is 25.6. The maximum atomic E-state index is 6.98. The molecule has 0 saturated carbocycles. The van der Waals surface area contributed by atoms with Gasteiger partial charge in [-0.05, 0) is 138 Å². The molecular formula is C71H44N2O. The Morgan fingerprint density at radius 2 is 0.784 bits per heavy atom. The molecule has 2 aliphatic carbocycles. The summed E-state index contributed by atoms with van der Waals surface area (Å²) in [7, 11) is 0. The van der Waals surface area contributed by atoms with E-state index in [4.69, 9.17) is 4.42 Å². The van der Waals surface area contributed by atoms with Crippen LogP contribution < -0.4 is 4.90 Å². The van der Waals surface area contributed by atoms with Gasteiger partial charge < -0.3 is 13.9 Å². The van der Waals surface area contributed by atoms with Crippen LogP contribution in [0.5, 0.6) is 0 Å². The van der Waals surface area contributed by atoms with Gasteiger partial charge in [-0.2, -0.15) is 0 Å². The third kappa shape index (κ3) is 5.72. The molecule has 2 heterocycles. The minimum Gasteiger partial charge on any atom is -0.454 e. The second-order valence-corrected chi connectivity index (χ2v) is 19.9. The number of furan rings is 1. The molecule has 0 atom stereocenters. The normalized spacial score (nSPS) is 13.0. The number of anilines is 3. The molecule has 74 heavy (non-hydrogen) atoms. The van der Waals surface area contributed by atoms with Crippen molar-refractivity contribution in [2.24, 2.45) is 0 Å². The smallest absolute Gasteiger partial charge is 0.160 e. The first kappa shape index (κ1) is 41.0. The van der Waals surface area contributed by atoms with Crippen LogP contribution in [-0.2, 0) is 5.41 Å². The second kappa shape index (κ2) is 15.6. The van der Waals surface area contributed by atoms with Crippen LogP contribution in [0.15, 0.2) is 271 Å². The van der Waals surface area contributed by atoms with Crippen LogP contribution in [0.1, 0.15) is 22.3 Å². The van der Waals surface area contributed by atoms with Crippen molar-refractivity contribution in [2.75, 3.05) is 4.90 Å². The Labute approximate surface area is 428 Å². The number of para-hydroxylation sites is 3. The van der Waals surface area contributed by atoms with E-state index in [-0.39, 0.29) is 0 Å². The quantitative estimate of drug-likeness (QED) is 0.166. The molecule has 0 unspecified atom stereocenters. The minimum absolute atomic E-state index is 0.425. The van der Waals surface area contributed by atoms with Crippen molar-refractivity contribution < 1.29 is 4.42 Å². The zero-order valence-corrected chi connectivity index (χ0v) is 40.2. The van der Waals surface area contributed by atoms with Gasteiger partial charge in [0.2, 0.25) is 0 Å². The van der Waals surface area contributed by atoms with Crippen molar-refractivity contribution in [2.45, 2.75) is 5.41 Å². The summed E-state index contributed by atoms with van der Waals surface area (Å²) in [5.41, 5.74) is 23.1. The standard InChI is InChI=1S/C71H44N2O/c1-2-16-53-49(15-1)43-67(70-69(53)59-22-8-14-28-68(59)74-70)72(52-41-42-64-60(44-52)56-19-5-11-25-63(56)71(64)61-23-9-3-17-54(61)55-18-4-10-24-62(55)71)50-37-33-47(34-38-50)45-29-31-46(32-30-45)48-35-39-51(40-36-48)73-65-26-12-6-20-57(65)58-21-7-13-27-66(58)73/h1-44H. The summed E-state index contributed by atoms with van der Waals surface area (Å²) in [5.74, 6) is 0. The van der Waals surface area contributed by atoms with Crippen LogP contribution in [0, 0.1) is 0 Å². The highest BCUT2D eigenvalue weighted by Gasteiger charge is 2.51. The average Bonchev–Trinajstić information content (AvgIpc) is 4.33. The number of fused-ring (bicyclic) bond motifs is 18. The molecule has 0 bridgehead atoms. The lowest BCUT2D eigenvalue weighted by Crippen LogP contribution is -2.25. The summed E-state index contributed by atoms with van der Waals surface area (Å²) in [6.45, 7) is 0. The molecule has 3 heteroatoms. The van der Waals surface area contributed by atoms with Gasteiger partial charge >= 0.3 is 0 Å². The molecule has 2 aromatic heterocycles. The lowest BCUT2D eigenvalue weighted by Gasteiger charge is -2.31. The third-order valence-electron chi connectivity index (χ3n) is 16.2. The zero-order valence-electron chi connectivity index (χ0n) is 40.2. The Kier molecular flexibility index (Phi) is 8.66. The number of nitrogens with zero attached hydrogens (tertiary/aromatic N) is 2. The van der Waals surface area contributed by atoms with Crippen LogP contribution >= 0.6 is 0 Å². The molecule has 0 amide bonds. The fourth-order valence-electron chi connectivity index (χ4n) is 13.0. The van der Waals surface area contributed by atoms with Gasteiger partial charge in [0, 0.05) is 38.6 Å². The van der Waals surface area contributed by atoms with E-state index in [1.807, 2.05) is 0 Å². The molecule has 3 nitrogen and oxygen atoms in total. The van der Waals surface area contributed by atoms with Gasteiger partial charge in [-0.3, -0.25) is 0 Å². The van der Waals surface area contributed by atoms with Crippen LogP contribution in [0.4, 0.5) is 17.1 Å². The minimum atomic E-state index is -0.425. The highest BCUT2D eigenvalue weighted by molar-refractivity contribution is 6.23. The number of aromatic nitrogens is 1. The zero-order chi connectivity index (χ0) is 48.5. The molecule has 0 saturated heterocycles. The van der Waals surface area contributed by atoms with Crippen molar-refractivity contribution in [3.63, 3.8) is 0 Å². The van der Waals surface area contributed by atoms with Gasteiger partial charge in [0.1, 0.15) is 5.58 Å². The predicted molar refractivity (Wildman–Crippen MR) is 307 cm³/mol. The van der Waals surface area contributed by atoms with E-state index >= 15 is 0 Å². The van der Waals surface area contributed by atoms with Crippen LogP contribution in [0.2, 0.25) is 0 Å². The molecule has 0 N–H and O–H groups in total. The summed E-state index contributed by atoms with van der Waals surface area (Å²) in [5, 5.41) is 7.12. The van der Waals surface area contributed by atoms with Gasteiger partial charge in [-0.25, -0.2) is 0 Å². The Bertz CT molecular complexity index is 4490. The van der Waals surface area contributed by atoms with Gasteiger partial charge in [-0.1, -0.05) is 206 Å². The SMILES string of the molecule is c1ccc2c(c1)-c1ccccc1C21c2ccccc2-c2cc(N(c3ccc(-c4ccc(-c5ccc(-n6c7ccccc7c7ccccc76)cc5)cc4)cc3)c3cc4ccccc4c4c3oc3ccccc34)ccc21. The lowest BCUT2D eigenvalue weighted by atomic mass is 9.70. The molecule has 344 valence electrons. The van der Waals surface area contributed by atoms with Gasteiger partial charge in [0.25, 0.3) is 0 Å². The lowest BCUT2D eigenvalue weighted by molar-refractivity contribution is 0.669. The van der Waals surface area contributed by atoms with Crippen molar-refractivity contribution >= 4 is 71.6 Å². The Morgan fingerprint density at radius 1 is 0.338 bits per heavy atom. The summed E-state index contributed by atoms with van der Waals surface area (Å²) in [4.78, 5) is 2.41. The summed E-state index contributed by atoms with van der Waals surface area (Å²) < 4.78 is 9.35. The van der Waals surface area contributed by atoms with E-state index in [9.17, 15) is 0 Å². The first-order chi connectivity index (χ1) is 36.7. The van der Waals surface area contributed by atoms with Crippen LogP contribution in [-0.4, -0.2) is 4.57 Å². The largest absolute Gasteiger partial charge is 0.454 e. The first-order valence-electron chi connectivity index (χ1n) is 25.6. The number of hydrogen-bond acceptors (Lipinski definition) is 2. The summed E-state index contributed by atoms with van der Waals surface area (Å²) >= 11 is 0. The Morgan fingerprint density at radius 3 is 1.39 bits per heavy atom. The summed E-state index contributed by atoms with van der Waals surface area (Å²) in [6, 6.07) is 98.1. The maximum absolute atomic E-state index is 6.98. The van der Waals surface area contributed by atoms with E-state index in [1.165, 1.54) is 82.8 Å². The summed E-state index contributed by atoms with van der Waals surface area (Å²) in [6.07, 6.45) is 0. The topological polar surface area (TPSA) is 21.3 Å². The number of benzene rings is 12.